The van der Waals surface area contributed by atoms with Crippen LogP contribution >= 0.6 is 34.7 Å². The molecule has 0 spiro atoms. The molecule has 0 radical (unpaired) electrons. The van der Waals surface area contributed by atoms with Crippen molar-refractivity contribution in [1.82, 2.24) is 4.57 Å². The van der Waals surface area contributed by atoms with E-state index in [1.807, 2.05) is 0 Å². The number of aromatic nitrogens is 1. The lowest BCUT2D eigenvalue weighted by Gasteiger charge is -2.06. The molecule has 0 unspecified atom stereocenters. The van der Waals surface area contributed by atoms with Gasteiger partial charge < -0.3 is 5.11 Å². The van der Waals surface area contributed by atoms with Gasteiger partial charge in [0.05, 0.1) is 19.6 Å². The number of halogens is 3. The quantitative estimate of drug-likeness (QED) is 0.627. The van der Waals surface area contributed by atoms with E-state index in [0.717, 1.165) is 11.3 Å². The number of carbonyl (C=O) groups is 1. The van der Waals surface area contributed by atoms with E-state index in [1.54, 1.807) is 13.0 Å². The van der Waals surface area contributed by atoms with E-state index in [0.29, 0.717) is 37.4 Å². The summed E-state index contributed by atoms with van der Waals surface area (Å²) >= 11 is 7.36. The molecule has 2 aromatic heterocycles. The van der Waals surface area contributed by atoms with Gasteiger partial charge in [0, 0.05) is 11.1 Å². The molecule has 2 heterocycles. The van der Waals surface area contributed by atoms with E-state index >= 15 is 0 Å². The molecule has 3 nitrogen and oxygen atoms in total. The second-order valence-electron chi connectivity index (χ2n) is 4.79. The fourth-order valence-corrected chi connectivity index (χ4v) is 4.15. The SMILES string of the molecule is Cc1cc2cc(O)c(Cl)cc2n1C(=O)c1ccc(SC(F)F)s1. The molecule has 0 fully saturated rings. The minimum absolute atomic E-state index is 0.0597. The van der Waals surface area contributed by atoms with Gasteiger partial charge in [-0.2, -0.15) is 8.78 Å². The predicted molar refractivity (Wildman–Crippen MR) is 89.3 cm³/mol. The number of aromatic hydroxyl groups is 1. The van der Waals surface area contributed by atoms with Crippen LogP contribution in [-0.4, -0.2) is 21.3 Å². The van der Waals surface area contributed by atoms with Gasteiger partial charge in [-0.25, -0.2) is 0 Å². The van der Waals surface area contributed by atoms with Crippen molar-refractivity contribution in [3.05, 3.63) is 45.9 Å². The van der Waals surface area contributed by atoms with E-state index in [4.69, 9.17) is 11.6 Å². The van der Waals surface area contributed by atoms with Gasteiger partial charge in [-0.3, -0.25) is 9.36 Å². The van der Waals surface area contributed by atoms with Crippen molar-refractivity contribution < 1.29 is 18.7 Å². The predicted octanol–water partition coefficient (Wildman–Crippen LogP) is 5.37. The molecule has 1 N–H and O–H groups in total. The molecule has 0 aliphatic rings. The molecule has 0 atom stereocenters. The maximum absolute atomic E-state index is 12.7. The highest BCUT2D eigenvalue weighted by Crippen LogP contribution is 2.34. The third-order valence-electron chi connectivity index (χ3n) is 3.25. The van der Waals surface area contributed by atoms with Gasteiger partial charge in [-0.1, -0.05) is 11.6 Å². The van der Waals surface area contributed by atoms with Crippen molar-refractivity contribution in [3.8, 4) is 5.75 Å². The Hall–Kier alpha value is -1.57. The Bertz CT molecular complexity index is 904. The maximum atomic E-state index is 12.7. The summed E-state index contributed by atoms with van der Waals surface area (Å²) in [5.74, 6) is -2.89. The monoisotopic (exact) mass is 373 g/mol. The summed E-state index contributed by atoms with van der Waals surface area (Å²) in [7, 11) is 0. The lowest BCUT2D eigenvalue weighted by atomic mass is 10.2. The Balaban J connectivity index is 2.05. The summed E-state index contributed by atoms with van der Waals surface area (Å²) in [6.45, 7) is 1.76. The molecule has 23 heavy (non-hydrogen) atoms. The highest BCUT2D eigenvalue weighted by Gasteiger charge is 2.19. The molecule has 120 valence electrons. The minimum atomic E-state index is -2.52. The smallest absolute Gasteiger partial charge is 0.289 e. The molecule has 3 aromatic rings. The van der Waals surface area contributed by atoms with Crippen molar-refractivity contribution in [2.75, 3.05) is 0 Å². The van der Waals surface area contributed by atoms with Crippen molar-refractivity contribution >= 4 is 51.5 Å². The largest absolute Gasteiger partial charge is 0.506 e. The summed E-state index contributed by atoms with van der Waals surface area (Å²) in [6, 6.07) is 7.80. The first-order valence-electron chi connectivity index (χ1n) is 6.46. The van der Waals surface area contributed by atoms with E-state index in [2.05, 4.69) is 0 Å². The van der Waals surface area contributed by atoms with Crippen LogP contribution in [0, 0.1) is 6.92 Å². The molecular weight excluding hydrogens is 364 g/mol. The van der Waals surface area contributed by atoms with Gasteiger partial charge in [-0.15, -0.1) is 11.3 Å². The van der Waals surface area contributed by atoms with Crippen LogP contribution in [-0.2, 0) is 0 Å². The Labute approximate surface area is 143 Å². The average Bonchev–Trinajstić information content (AvgIpc) is 3.02. The van der Waals surface area contributed by atoms with Crippen LogP contribution in [0.15, 0.2) is 34.5 Å². The van der Waals surface area contributed by atoms with E-state index < -0.39 is 5.76 Å². The zero-order chi connectivity index (χ0) is 16.7. The van der Waals surface area contributed by atoms with Crippen LogP contribution in [0.2, 0.25) is 5.02 Å². The minimum Gasteiger partial charge on any atom is -0.506 e. The number of fused-ring (bicyclic) bond motifs is 1. The summed E-state index contributed by atoms with van der Waals surface area (Å²) in [5, 5.41) is 10.5. The Morgan fingerprint density at radius 1 is 1.35 bits per heavy atom. The van der Waals surface area contributed by atoms with E-state index in [1.165, 1.54) is 28.8 Å². The number of phenolic OH excluding ortho intramolecular Hbond substituents is 1. The van der Waals surface area contributed by atoms with Crippen molar-refractivity contribution in [3.63, 3.8) is 0 Å². The average molecular weight is 374 g/mol. The molecule has 0 aliphatic carbocycles. The number of carbonyl (C=O) groups excluding carboxylic acids is 1. The van der Waals surface area contributed by atoms with Crippen LogP contribution in [0.4, 0.5) is 8.78 Å². The second kappa shape index (κ2) is 6.14. The zero-order valence-corrected chi connectivity index (χ0v) is 14.1. The van der Waals surface area contributed by atoms with Crippen LogP contribution < -0.4 is 0 Å². The van der Waals surface area contributed by atoms with Gasteiger partial charge in [0.25, 0.3) is 11.7 Å². The number of hydrogen-bond donors (Lipinski definition) is 1. The zero-order valence-electron chi connectivity index (χ0n) is 11.7. The van der Waals surface area contributed by atoms with Crippen molar-refractivity contribution in [1.29, 1.82) is 0 Å². The second-order valence-corrected chi connectivity index (χ2v) is 7.57. The molecule has 0 bridgehead atoms. The lowest BCUT2D eigenvalue weighted by Crippen LogP contribution is -2.11. The van der Waals surface area contributed by atoms with Crippen molar-refractivity contribution in [2.45, 2.75) is 16.9 Å². The summed E-state index contributed by atoms with van der Waals surface area (Å²) in [6.07, 6.45) is 0. The van der Waals surface area contributed by atoms with Gasteiger partial charge in [0.15, 0.2) is 0 Å². The third kappa shape index (κ3) is 3.08. The number of hydrogen-bond acceptors (Lipinski definition) is 4. The fraction of sp³-hybridized carbons (Fsp3) is 0.133. The highest BCUT2D eigenvalue weighted by atomic mass is 35.5. The molecule has 8 heteroatoms. The molecule has 1 aromatic carbocycles. The lowest BCUT2D eigenvalue weighted by molar-refractivity contribution is 0.0967. The number of alkyl halides is 2. The number of aryl methyl sites for hydroxylation is 1. The van der Waals surface area contributed by atoms with Gasteiger partial charge in [0.1, 0.15) is 5.75 Å². The number of thioether (sulfide) groups is 1. The number of rotatable bonds is 3. The molecule has 0 aliphatic heterocycles. The standard InChI is InChI=1S/C15H10ClF2NO2S2/c1-7-4-8-5-11(20)9(16)6-10(8)19(7)14(21)12-2-3-13(22-12)23-15(17)18/h2-6,15,20H,1H3. The van der Waals surface area contributed by atoms with Crippen LogP contribution in [0.25, 0.3) is 10.9 Å². The molecule has 3 rings (SSSR count). The van der Waals surface area contributed by atoms with Crippen molar-refractivity contribution in [2.24, 2.45) is 0 Å². The van der Waals surface area contributed by atoms with E-state index in [9.17, 15) is 18.7 Å². The topological polar surface area (TPSA) is 42.2 Å². The molecular formula is C15H10ClF2NO2S2. The van der Waals surface area contributed by atoms with Gasteiger partial charge in [-0.05, 0) is 49.0 Å². The summed E-state index contributed by atoms with van der Waals surface area (Å²) in [5.41, 5.74) is 1.23. The normalized spacial score (nSPS) is 11.5. The van der Waals surface area contributed by atoms with Crippen LogP contribution in [0.3, 0.4) is 0 Å². The highest BCUT2D eigenvalue weighted by molar-refractivity contribution is 8.01. The Morgan fingerprint density at radius 2 is 2.09 bits per heavy atom. The third-order valence-corrected chi connectivity index (χ3v) is 5.51. The first-order chi connectivity index (χ1) is 10.9. The number of thiophene rings is 1. The van der Waals surface area contributed by atoms with Crippen LogP contribution in [0.5, 0.6) is 5.75 Å². The Kier molecular flexibility index (Phi) is 4.35. The number of benzene rings is 1. The Morgan fingerprint density at radius 3 is 2.78 bits per heavy atom. The van der Waals surface area contributed by atoms with Crippen LogP contribution in [0.1, 0.15) is 15.4 Å². The van der Waals surface area contributed by atoms with E-state index in [-0.39, 0.29) is 16.7 Å². The fourth-order valence-electron chi connectivity index (χ4n) is 2.32. The number of phenols is 1. The molecule has 0 saturated carbocycles. The van der Waals surface area contributed by atoms with Gasteiger partial charge >= 0.3 is 0 Å². The number of nitrogens with zero attached hydrogens (tertiary/aromatic N) is 1. The van der Waals surface area contributed by atoms with Gasteiger partial charge in [0.2, 0.25) is 0 Å². The molecule has 0 amide bonds. The first kappa shape index (κ1) is 16.3. The maximum Gasteiger partial charge on any atom is 0.289 e. The first-order valence-corrected chi connectivity index (χ1v) is 8.54. The summed E-state index contributed by atoms with van der Waals surface area (Å²) < 4.78 is 26.6. The molecule has 0 saturated heterocycles. The summed E-state index contributed by atoms with van der Waals surface area (Å²) in [4.78, 5) is 13.1.